The summed E-state index contributed by atoms with van der Waals surface area (Å²) >= 11 is 6.00. The van der Waals surface area contributed by atoms with Crippen LogP contribution in [-0.2, 0) is 0 Å². The largest absolute Gasteiger partial charge is 0.377 e. The highest BCUT2D eigenvalue weighted by molar-refractivity contribution is 6.32. The Kier molecular flexibility index (Phi) is 2.74. The molecule has 1 saturated heterocycles. The lowest BCUT2D eigenvalue weighted by atomic mass is 10.1. The molecule has 1 aliphatic carbocycles. The fraction of sp³-hybridized carbons (Fsp3) is 0.455. The maximum atomic E-state index is 6.00. The highest BCUT2D eigenvalue weighted by Gasteiger charge is 2.09. The van der Waals surface area contributed by atoms with Crippen molar-refractivity contribution in [1.29, 1.82) is 0 Å². The van der Waals surface area contributed by atoms with Crippen LogP contribution in [-0.4, -0.2) is 18.0 Å². The molecular formula is C11H14ClN. The molecule has 2 rings (SSSR count). The van der Waals surface area contributed by atoms with E-state index in [1.165, 1.54) is 32.4 Å². The SMILES string of the molecule is ClC1=CC=C/C1=C/N1CCCCC1. The van der Waals surface area contributed by atoms with E-state index in [0.717, 1.165) is 10.6 Å². The van der Waals surface area contributed by atoms with Gasteiger partial charge in [0, 0.05) is 29.9 Å². The van der Waals surface area contributed by atoms with Crippen LogP contribution in [0, 0.1) is 0 Å². The first-order valence-corrected chi connectivity index (χ1v) is 5.24. The first-order chi connectivity index (χ1) is 6.36. The molecule has 0 unspecified atom stereocenters. The standard InChI is InChI=1S/C11H14ClN/c12-11-6-4-5-10(11)9-13-7-2-1-3-8-13/h4-6,9H,1-3,7-8H2/b10-9-. The highest BCUT2D eigenvalue weighted by atomic mass is 35.5. The molecule has 0 bridgehead atoms. The van der Waals surface area contributed by atoms with Crippen LogP contribution in [0.25, 0.3) is 0 Å². The fourth-order valence-electron chi connectivity index (χ4n) is 1.76. The minimum Gasteiger partial charge on any atom is -0.377 e. The van der Waals surface area contributed by atoms with Crippen LogP contribution in [0.1, 0.15) is 19.3 Å². The number of piperidine rings is 1. The Balaban J connectivity index is 2.02. The van der Waals surface area contributed by atoms with Crippen LogP contribution in [0.5, 0.6) is 0 Å². The molecule has 2 aliphatic rings. The highest BCUT2D eigenvalue weighted by Crippen LogP contribution is 2.23. The van der Waals surface area contributed by atoms with Gasteiger partial charge < -0.3 is 4.90 Å². The van der Waals surface area contributed by atoms with Crippen molar-refractivity contribution in [3.05, 3.63) is 35.0 Å². The van der Waals surface area contributed by atoms with Gasteiger partial charge in [-0.25, -0.2) is 0 Å². The average Bonchev–Trinajstić information content (AvgIpc) is 2.54. The number of rotatable bonds is 1. The summed E-state index contributed by atoms with van der Waals surface area (Å²) in [6.45, 7) is 2.36. The molecule has 0 N–H and O–H groups in total. The Morgan fingerprint density at radius 2 is 2.00 bits per heavy atom. The predicted molar refractivity (Wildman–Crippen MR) is 56.6 cm³/mol. The van der Waals surface area contributed by atoms with E-state index in [4.69, 9.17) is 11.6 Å². The van der Waals surface area contributed by atoms with Gasteiger partial charge >= 0.3 is 0 Å². The molecule has 0 spiro atoms. The Morgan fingerprint density at radius 1 is 1.23 bits per heavy atom. The summed E-state index contributed by atoms with van der Waals surface area (Å²) in [4.78, 5) is 2.37. The van der Waals surface area contributed by atoms with Crippen molar-refractivity contribution >= 4 is 11.6 Å². The van der Waals surface area contributed by atoms with Gasteiger partial charge in [0.25, 0.3) is 0 Å². The maximum absolute atomic E-state index is 6.00. The first kappa shape index (κ1) is 8.89. The molecule has 0 aromatic rings. The van der Waals surface area contributed by atoms with Gasteiger partial charge in [0.1, 0.15) is 0 Å². The normalized spacial score (nSPS) is 25.5. The fourth-order valence-corrected chi connectivity index (χ4v) is 1.95. The van der Waals surface area contributed by atoms with Gasteiger partial charge in [0.05, 0.1) is 0 Å². The van der Waals surface area contributed by atoms with E-state index in [1.54, 1.807) is 0 Å². The molecule has 1 nitrogen and oxygen atoms in total. The van der Waals surface area contributed by atoms with Crippen LogP contribution in [0.15, 0.2) is 35.0 Å². The van der Waals surface area contributed by atoms with E-state index >= 15 is 0 Å². The van der Waals surface area contributed by atoms with Crippen molar-refractivity contribution < 1.29 is 0 Å². The lowest BCUT2D eigenvalue weighted by Gasteiger charge is -2.25. The van der Waals surface area contributed by atoms with Crippen molar-refractivity contribution in [3.8, 4) is 0 Å². The number of hydrogen-bond acceptors (Lipinski definition) is 1. The molecule has 1 fully saturated rings. The van der Waals surface area contributed by atoms with Gasteiger partial charge in [-0.05, 0) is 25.3 Å². The molecule has 70 valence electrons. The smallest absolute Gasteiger partial charge is 0.0492 e. The zero-order valence-electron chi connectivity index (χ0n) is 7.67. The molecule has 0 amide bonds. The minimum atomic E-state index is 0.866. The third-order valence-electron chi connectivity index (χ3n) is 2.51. The topological polar surface area (TPSA) is 3.24 Å². The zero-order valence-corrected chi connectivity index (χ0v) is 8.43. The van der Waals surface area contributed by atoms with Gasteiger partial charge in [-0.2, -0.15) is 0 Å². The lowest BCUT2D eigenvalue weighted by Crippen LogP contribution is -2.24. The van der Waals surface area contributed by atoms with E-state index in [0.29, 0.717) is 0 Å². The number of hydrogen-bond donors (Lipinski definition) is 0. The third kappa shape index (κ3) is 2.16. The number of allylic oxidation sites excluding steroid dienone is 5. The quantitative estimate of drug-likeness (QED) is 0.622. The van der Waals surface area contributed by atoms with Gasteiger partial charge in [0.15, 0.2) is 0 Å². The van der Waals surface area contributed by atoms with E-state index in [1.807, 2.05) is 12.2 Å². The molecule has 1 heterocycles. The molecule has 0 atom stereocenters. The van der Waals surface area contributed by atoms with Crippen LogP contribution in [0.4, 0.5) is 0 Å². The Hall–Kier alpha value is -0.690. The van der Waals surface area contributed by atoms with Crippen molar-refractivity contribution in [2.75, 3.05) is 13.1 Å². The summed E-state index contributed by atoms with van der Waals surface area (Å²) in [7, 11) is 0. The average molecular weight is 196 g/mol. The van der Waals surface area contributed by atoms with E-state index in [2.05, 4.69) is 17.2 Å². The lowest BCUT2D eigenvalue weighted by molar-refractivity contribution is 0.308. The molecule has 1 aliphatic heterocycles. The summed E-state index contributed by atoms with van der Waals surface area (Å²) < 4.78 is 0. The Bertz CT molecular complexity index is 270. The van der Waals surface area contributed by atoms with Crippen LogP contribution < -0.4 is 0 Å². The zero-order chi connectivity index (χ0) is 9.10. The van der Waals surface area contributed by atoms with E-state index < -0.39 is 0 Å². The molecule has 0 aromatic heterocycles. The number of nitrogens with zero attached hydrogens (tertiary/aromatic N) is 1. The molecular weight excluding hydrogens is 182 g/mol. The molecule has 0 radical (unpaired) electrons. The van der Waals surface area contributed by atoms with Crippen molar-refractivity contribution in [2.45, 2.75) is 19.3 Å². The monoisotopic (exact) mass is 195 g/mol. The van der Waals surface area contributed by atoms with Crippen LogP contribution in [0.3, 0.4) is 0 Å². The minimum absolute atomic E-state index is 0.866. The second kappa shape index (κ2) is 4.01. The van der Waals surface area contributed by atoms with Gasteiger partial charge in [-0.15, -0.1) is 0 Å². The molecule has 2 heteroatoms. The summed E-state index contributed by atoms with van der Waals surface area (Å²) in [5.41, 5.74) is 1.16. The Labute approximate surface area is 84.4 Å². The number of likely N-dealkylation sites (tertiary alicyclic amines) is 1. The maximum Gasteiger partial charge on any atom is 0.0492 e. The first-order valence-electron chi connectivity index (χ1n) is 4.86. The summed E-state index contributed by atoms with van der Waals surface area (Å²) in [5.74, 6) is 0. The number of halogens is 1. The molecule has 0 aromatic carbocycles. The predicted octanol–water partition coefficient (Wildman–Crippen LogP) is 3.05. The second-order valence-corrected chi connectivity index (χ2v) is 3.96. The molecule has 13 heavy (non-hydrogen) atoms. The third-order valence-corrected chi connectivity index (χ3v) is 2.85. The van der Waals surface area contributed by atoms with Crippen LogP contribution >= 0.6 is 11.6 Å². The second-order valence-electron chi connectivity index (χ2n) is 3.55. The Morgan fingerprint density at radius 3 is 2.62 bits per heavy atom. The summed E-state index contributed by atoms with van der Waals surface area (Å²) in [6.07, 6.45) is 12.2. The van der Waals surface area contributed by atoms with Crippen LogP contribution in [0.2, 0.25) is 0 Å². The van der Waals surface area contributed by atoms with Gasteiger partial charge in [-0.1, -0.05) is 23.8 Å². The van der Waals surface area contributed by atoms with Crippen molar-refractivity contribution in [2.24, 2.45) is 0 Å². The van der Waals surface area contributed by atoms with Crippen molar-refractivity contribution in [3.63, 3.8) is 0 Å². The summed E-state index contributed by atoms with van der Waals surface area (Å²) in [5, 5.41) is 0.866. The van der Waals surface area contributed by atoms with Crippen molar-refractivity contribution in [1.82, 2.24) is 4.90 Å². The van der Waals surface area contributed by atoms with E-state index in [9.17, 15) is 0 Å². The van der Waals surface area contributed by atoms with Gasteiger partial charge in [0.2, 0.25) is 0 Å². The summed E-state index contributed by atoms with van der Waals surface area (Å²) in [6, 6.07) is 0. The molecule has 0 saturated carbocycles. The van der Waals surface area contributed by atoms with E-state index in [-0.39, 0.29) is 0 Å². The van der Waals surface area contributed by atoms with Gasteiger partial charge in [-0.3, -0.25) is 0 Å².